The van der Waals surface area contributed by atoms with Crippen LogP contribution in [0.15, 0.2) is 36.4 Å². The number of sulfonamides is 1. The number of anilines is 1. The fraction of sp³-hybridized carbons (Fsp3) is 0.316. The van der Waals surface area contributed by atoms with E-state index in [-0.39, 0.29) is 17.6 Å². The van der Waals surface area contributed by atoms with E-state index in [1.165, 1.54) is 18.2 Å². The Bertz CT molecular complexity index is 998. The van der Waals surface area contributed by atoms with Gasteiger partial charge in [-0.2, -0.15) is 5.26 Å². The first-order valence-corrected chi connectivity index (χ1v) is 10.2. The largest absolute Gasteiger partial charge is 0.489 e. The number of rotatable bonds is 5. The minimum atomic E-state index is -3.53. The molecule has 142 valence electrons. The summed E-state index contributed by atoms with van der Waals surface area (Å²) in [6.45, 7) is 3.63. The minimum Gasteiger partial charge on any atom is -0.489 e. The normalized spacial score (nSPS) is 18.5. The van der Waals surface area contributed by atoms with Gasteiger partial charge in [0.1, 0.15) is 29.3 Å². The van der Waals surface area contributed by atoms with E-state index >= 15 is 0 Å². The van der Waals surface area contributed by atoms with Crippen LogP contribution in [-0.4, -0.2) is 20.8 Å². The molecule has 0 radical (unpaired) electrons. The Morgan fingerprint density at radius 1 is 1.26 bits per heavy atom. The second kappa shape index (κ2) is 7.08. The first-order chi connectivity index (χ1) is 12.7. The summed E-state index contributed by atoms with van der Waals surface area (Å²) in [6, 6.07) is 11.1. The van der Waals surface area contributed by atoms with Crippen LogP contribution >= 0.6 is 0 Å². The fourth-order valence-corrected chi connectivity index (χ4v) is 3.53. The van der Waals surface area contributed by atoms with Crippen LogP contribution in [0.5, 0.6) is 11.5 Å². The number of ether oxygens (including phenoxy) is 2. The number of nitrogens with zero attached hydrogens (tertiary/aromatic N) is 1. The minimum absolute atomic E-state index is 0.195. The molecule has 0 bridgehead atoms. The van der Waals surface area contributed by atoms with Gasteiger partial charge in [0.05, 0.1) is 24.1 Å². The van der Waals surface area contributed by atoms with Crippen LogP contribution in [0, 0.1) is 17.1 Å². The second-order valence-corrected chi connectivity index (χ2v) is 8.37. The summed E-state index contributed by atoms with van der Waals surface area (Å²) in [5.74, 6) is -0.307. The number of nitriles is 1. The smallest absolute Gasteiger partial charge is 0.229 e. The second-order valence-electron chi connectivity index (χ2n) is 6.62. The van der Waals surface area contributed by atoms with E-state index < -0.39 is 22.0 Å². The summed E-state index contributed by atoms with van der Waals surface area (Å²) in [5, 5.41) is 9.67. The molecule has 27 heavy (non-hydrogen) atoms. The molecule has 2 aromatic carbocycles. The SMILES string of the molecule is CC(C)Oc1cc2c(cc1NS(C)(=O)=O)OC(c1ccc(F)cc1)C2C#N. The summed E-state index contributed by atoms with van der Waals surface area (Å²) in [4.78, 5) is 0. The molecule has 6 nitrogen and oxygen atoms in total. The van der Waals surface area contributed by atoms with Crippen molar-refractivity contribution in [2.75, 3.05) is 11.0 Å². The standard InChI is InChI=1S/C19H19FN2O4S/c1-11(2)25-18-8-14-15(10-21)19(12-4-6-13(20)7-5-12)26-17(14)9-16(18)22-27(3,23)24/h4-9,11,15,19,22H,1-3H3. The Balaban J connectivity index is 2.06. The van der Waals surface area contributed by atoms with Gasteiger partial charge in [-0.05, 0) is 37.6 Å². The molecule has 1 heterocycles. The molecule has 0 saturated heterocycles. The lowest BCUT2D eigenvalue weighted by molar-refractivity contribution is 0.226. The molecular formula is C19H19FN2O4S. The summed E-state index contributed by atoms with van der Waals surface area (Å²) >= 11 is 0. The van der Waals surface area contributed by atoms with Crippen molar-refractivity contribution in [1.82, 2.24) is 0 Å². The third-order valence-corrected chi connectivity index (χ3v) is 4.59. The van der Waals surface area contributed by atoms with E-state index in [9.17, 15) is 18.1 Å². The monoisotopic (exact) mass is 390 g/mol. The lowest BCUT2D eigenvalue weighted by atomic mass is 9.92. The first kappa shape index (κ1) is 19.0. The molecule has 2 atom stereocenters. The number of nitrogens with one attached hydrogen (secondary N) is 1. The van der Waals surface area contributed by atoms with Crippen molar-refractivity contribution in [3.05, 3.63) is 53.3 Å². The number of hydrogen-bond acceptors (Lipinski definition) is 5. The number of hydrogen-bond donors (Lipinski definition) is 1. The zero-order valence-corrected chi connectivity index (χ0v) is 15.9. The van der Waals surface area contributed by atoms with E-state index in [2.05, 4.69) is 10.8 Å². The quantitative estimate of drug-likeness (QED) is 0.840. The molecule has 0 aromatic heterocycles. The molecule has 1 N–H and O–H groups in total. The third-order valence-electron chi connectivity index (χ3n) is 4.00. The maximum atomic E-state index is 13.2. The van der Waals surface area contributed by atoms with Crippen molar-refractivity contribution in [3.8, 4) is 17.6 Å². The van der Waals surface area contributed by atoms with Gasteiger partial charge in [-0.1, -0.05) is 12.1 Å². The van der Waals surface area contributed by atoms with Gasteiger partial charge in [-0.25, -0.2) is 12.8 Å². The lowest BCUT2D eigenvalue weighted by Gasteiger charge is -2.16. The van der Waals surface area contributed by atoms with E-state index in [0.29, 0.717) is 22.6 Å². The van der Waals surface area contributed by atoms with E-state index in [1.54, 1.807) is 18.2 Å². The molecule has 0 aliphatic carbocycles. The predicted molar refractivity (Wildman–Crippen MR) is 98.8 cm³/mol. The molecule has 0 saturated carbocycles. The Hall–Kier alpha value is -2.79. The van der Waals surface area contributed by atoms with Gasteiger partial charge in [0.15, 0.2) is 0 Å². The third kappa shape index (κ3) is 4.14. The molecule has 1 aliphatic heterocycles. The van der Waals surface area contributed by atoms with Gasteiger partial charge in [0, 0.05) is 11.6 Å². The van der Waals surface area contributed by atoms with Crippen molar-refractivity contribution >= 4 is 15.7 Å². The highest BCUT2D eigenvalue weighted by Crippen LogP contribution is 2.49. The van der Waals surface area contributed by atoms with E-state index in [0.717, 1.165) is 6.26 Å². The van der Waals surface area contributed by atoms with Crippen LogP contribution < -0.4 is 14.2 Å². The summed E-state index contributed by atoms with van der Waals surface area (Å²) in [5.41, 5.74) is 1.49. The van der Waals surface area contributed by atoms with Gasteiger partial charge < -0.3 is 9.47 Å². The number of fused-ring (bicyclic) bond motifs is 1. The highest BCUT2D eigenvalue weighted by atomic mass is 32.2. The van der Waals surface area contributed by atoms with Crippen molar-refractivity contribution in [3.63, 3.8) is 0 Å². The van der Waals surface area contributed by atoms with Crippen LogP contribution in [0.3, 0.4) is 0 Å². The fourth-order valence-electron chi connectivity index (χ4n) is 2.97. The van der Waals surface area contributed by atoms with Gasteiger partial charge in [0.25, 0.3) is 0 Å². The predicted octanol–water partition coefficient (Wildman–Crippen LogP) is 3.73. The Labute approximate surface area is 157 Å². The van der Waals surface area contributed by atoms with Crippen LogP contribution in [0.4, 0.5) is 10.1 Å². The molecule has 2 aromatic rings. The Kier molecular flexibility index (Phi) is 4.98. The van der Waals surface area contributed by atoms with Crippen LogP contribution in [-0.2, 0) is 10.0 Å². The van der Waals surface area contributed by atoms with Gasteiger partial charge in [0.2, 0.25) is 10.0 Å². The van der Waals surface area contributed by atoms with Crippen molar-refractivity contribution in [2.24, 2.45) is 0 Å². The van der Waals surface area contributed by atoms with Crippen LogP contribution in [0.25, 0.3) is 0 Å². The Morgan fingerprint density at radius 2 is 1.93 bits per heavy atom. The highest BCUT2D eigenvalue weighted by Gasteiger charge is 2.37. The van der Waals surface area contributed by atoms with Crippen molar-refractivity contribution in [2.45, 2.75) is 32.0 Å². The molecule has 1 aliphatic rings. The van der Waals surface area contributed by atoms with Gasteiger partial charge in [-0.3, -0.25) is 4.72 Å². The van der Waals surface area contributed by atoms with Crippen molar-refractivity contribution < 1.29 is 22.3 Å². The summed E-state index contributed by atoms with van der Waals surface area (Å²) in [7, 11) is -3.53. The number of benzene rings is 2. The summed E-state index contributed by atoms with van der Waals surface area (Å²) in [6.07, 6.45) is 0.226. The molecule has 0 amide bonds. The highest BCUT2D eigenvalue weighted by molar-refractivity contribution is 7.92. The Morgan fingerprint density at radius 3 is 2.48 bits per heavy atom. The van der Waals surface area contributed by atoms with E-state index in [4.69, 9.17) is 9.47 Å². The molecule has 2 unspecified atom stereocenters. The van der Waals surface area contributed by atoms with Gasteiger partial charge >= 0.3 is 0 Å². The topological polar surface area (TPSA) is 88.4 Å². The zero-order chi connectivity index (χ0) is 19.8. The number of halogens is 1. The average Bonchev–Trinajstić information content (AvgIpc) is 2.91. The van der Waals surface area contributed by atoms with Crippen LogP contribution in [0.2, 0.25) is 0 Å². The molecule has 3 rings (SSSR count). The average molecular weight is 390 g/mol. The molecule has 8 heteroatoms. The molecule has 0 fully saturated rings. The van der Waals surface area contributed by atoms with E-state index in [1.807, 2.05) is 13.8 Å². The molecule has 0 spiro atoms. The maximum Gasteiger partial charge on any atom is 0.229 e. The van der Waals surface area contributed by atoms with Gasteiger partial charge in [-0.15, -0.1) is 0 Å². The van der Waals surface area contributed by atoms with Crippen molar-refractivity contribution in [1.29, 1.82) is 5.26 Å². The lowest BCUT2D eigenvalue weighted by Crippen LogP contribution is -2.13. The summed E-state index contributed by atoms with van der Waals surface area (Å²) < 4.78 is 50.6. The first-order valence-electron chi connectivity index (χ1n) is 8.32. The zero-order valence-electron chi connectivity index (χ0n) is 15.1. The van der Waals surface area contributed by atoms with Crippen LogP contribution in [0.1, 0.15) is 37.0 Å². The maximum absolute atomic E-state index is 13.2. The molecular weight excluding hydrogens is 371 g/mol.